The van der Waals surface area contributed by atoms with Crippen molar-refractivity contribution in [2.75, 3.05) is 0 Å². The first-order chi connectivity index (χ1) is 34.7. The van der Waals surface area contributed by atoms with Crippen LogP contribution in [-0.4, -0.2) is 8.80 Å². The SMILES string of the molecule is Cc1cc(C)c(-c2c3cc4c5cc(C(C)(C)C)cc6c7cc(C(C)(C)C)ccc7n(c4cc3c(-c3c(C)cc(C)cc3C)c3cc4c7cc(C(C)(C)C)cc8c9cc(C(C)(C)C)ccc9n(c4cc23)c87)c65)c(C)c1. The van der Waals surface area contributed by atoms with Gasteiger partial charge in [0.25, 0.3) is 0 Å². The number of nitrogens with zero attached hydrogens (tertiary/aromatic N) is 2. The number of rotatable bonds is 2. The molecule has 4 aromatic heterocycles. The summed E-state index contributed by atoms with van der Waals surface area (Å²) in [5.74, 6) is 0. The van der Waals surface area contributed by atoms with Gasteiger partial charge in [0.2, 0.25) is 0 Å². The van der Waals surface area contributed by atoms with Gasteiger partial charge in [0.1, 0.15) is 0 Å². The summed E-state index contributed by atoms with van der Waals surface area (Å²) in [5.41, 5.74) is 26.4. The van der Waals surface area contributed by atoms with Gasteiger partial charge < -0.3 is 8.80 Å². The molecule has 0 aliphatic rings. The second-order valence-corrected chi connectivity index (χ2v) is 27.1. The molecule has 0 saturated heterocycles. The van der Waals surface area contributed by atoms with Crippen LogP contribution < -0.4 is 0 Å². The average molecular weight is 965 g/mol. The fourth-order valence-electron chi connectivity index (χ4n) is 13.8. The van der Waals surface area contributed by atoms with Crippen molar-refractivity contribution in [3.05, 3.63) is 165 Å². The lowest BCUT2D eigenvalue weighted by Crippen LogP contribution is -2.11. The van der Waals surface area contributed by atoms with Crippen LogP contribution in [0.1, 0.15) is 139 Å². The molecule has 2 nitrogen and oxygen atoms in total. The Kier molecular flexibility index (Phi) is 9.44. The number of aromatic nitrogens is 2. The van der Waals surface area contributed by atoms with Crippen molar-refractivity contribution < 1.29 is 0 Å². The molecule has 0 amide bonds. The standard InChI is InChI=1S/C72H72N2/c1-37-23-39(3)63(40(4)24-37)65-51-33-49-57-31-45(71(13,14)15)29-55-48-28-44(70(10,11)12)20-22-60(48)74(67(55)57)62(49)36-54(51)66(64-41(5)25-38(2)26-42(64)6)52-34-50-58-32-46(72(16,17)18)30-56-47-27-43(69(7,8)9)19-21-59(47)73(68(56)58)61(50)35-53(52)65/h19-36H,1-18H3. The molecule has 0 aliphatic heterocycles. The van der Waals surface area contributed by atoms with E-state index in [1.807, 2.05) is 0 Å². The Balaban J connectivity index is 1.31. The Labute approximate surface area is 437 Å². The fraction of sp³-hybridized carbons (Fsp3) is 0.306. The Bertz CT molecular complexity index is 4260. The summed E-state index contributed by atoms with van der Waals surface area (Å²) in [4.78, 5) is 0. The van der Waals surface area contributed by atoms with Gasteiger partial charge in [-0.05, 0) is 224 Å². The van der Waals surface area contributed by atoms with E-state index in [4.69, 9.17) is 0 Å². The van der Waals surface area contributed by atoms with Crippen LogP contribution >= 0.6 is 0 Å². The maximum atomic E-state index is 2.62. The zero-order valence-electron chi connectivity index (χ0n) is 47.3. The van der Waals surface area contributed by atoms with E-state index in [1.165, 1.54) is 176 Å². The minimum Gasteiger partial charge on any atom is -0.308 e. The molecule has 74 heavy (non-hydrogen) atoms. The highest BCUT2D eigenvalue weighted by molar-refractivity contribution is 6.32. The molecule has 0 aliphatic carbocycles. The van der Waals surface area contributed by atoms with Crippen LogP contribution in [-0.2, 0) is 21.7 Å². The van der Waals surface area contributed by atoms with E-state index in [-0.39, 0.29) is 21.7 Å². The van der Waals surface area contributed by atoms with E-state index < -0.39 is 0 Å². The Morgan fingerprint density at radius 2 is 0.514 bits per heavy atom. The number of hydrogen-bond donors (Lipinski definition) is 0. The highest BCUT2D eigenvalue weighted by Crippen LogP contribution is 2.53. The highest BCUT2D eigenvalue weighted by Gasteiger charge is 2.30. The summed E-state index contributed by atoms with van der Waals surface area (Å²) >= 11 is 0. The first kappa shape index (κ1) is 46.9. The molecule has 4 heterocycles. The van der Waals surface area contributed by atoms with Crippen LogP contribution in [0.3, 0.4) is 0 Å². The second-order valence-electron chi connectivity index (χ2n) is 27.1. The molecule has 9 aromatic carbocycles. The smallest absolute Gasteiger partial charge is 0.0620 e. The van der Waals surface area contributed by atoms with E-state index in [0.29, 0.717) is 0 Å². The molecule has 0 atom stereocenters. The van der Waals surface area contributed by atoms with E-state index in [0.717, 1.165) is 0 Å². The van der Waals surface area contributed by atoms with Gasteiger partial charge in [0.15, 0.2) is 0 Å². The predicted octanol–water partition coefficient (Wildman–Crippen LogP) is 20.7. The molecule has 0 fully saturated rings. The Morgan fingerprint density at radius 3 is 0.811 bits per heavy atom. The molecule has 370 valence electrons. The van der Waals surface area contributed by atoms with Gasteiger partial charge in [-0.15, -0.1) is 0 Å². The van der Waals surface area contributed by atoms with Crippen LogP contribution in [0.2, 0.25) is 0 Å². The molecule has 0 radical (unpaired) electrons. The molecule has 13 aromatic rings. The maximum absolute atomic E-state index is 2.62. The third kappa shape index (κ3) is 6.48. The summed E-state index contributed by atoms with van der Waals surface area (Å²) < 4.78 is 5.25. The van der Waals surface area contributed by atoms with Gasteiger partial charge in [-0.3, -0.25) is 0 Å². The molecule has 13 rings (SSSR count). The first-order valence-corrected chi connectivity index (χ1v) is 27.2. The van der Waals surface area contributed by atoms with Crippen LogP contribution in [0.25, 0.3) is 120 Å². The van der Waals surface area contributed by atoms with Crippen LogP contribution in [0.15, 0.2) is 109 Å². The lowest BCUT2D eigenvalue weighted by molar-refractivity contribution is 0.590. The molecule has 0 saturated carbocycles. The van der Waals surface area contributed by atoms with E-state index in [2.05, 4.69) is 243 Å². The molecular weight excluding hydrogens is 893 g/mol. The van der Waals surface area contributed by atoms with Gasteiger partial charge in [-0.2, -0.15) is 0 Å². The minimum absolute atomic E-state index is 0.0268. The van der Waals surface area contributed by atoms with Gasteiger partial charge in [-0.25, -0.2) is 0 Å². The normalized spacial score (nSPS) is 13.5. The molecular formula is C72H72N2. The van der Waals surface area contributed by atoms with Crippen molar-refractivity contribution in [3.8, 4) is 22.3 Å². The predicted molar refractivity (Wildman–Crippen MR) is 325 cm³/mol. The fourth-order valence-corrected chi connectivity index (χ4v) is 13.8. The van der Waals surface area contributed by atoms with Crippen molar-refractivity contribution in [2.45, 2.75) is 146 Å². The summed E-state index contributed by atoms with van der Waals surface area (Å²) in [6, 6.07) is 44.7. The first-order valence-electron chi connectivity index (χ1n) is 27.2. The Morgan fingerprint density at radius 1 is 0.243 bits per heavy atom. The van der Waals surface area contributed by atoms with Crippen molar-refractivity contribution in [2.24, 2.45) is 0 Å². The van der Waals surface area contributed by atoms with Crippen molar-refractivity contribution in [1.29, 1.82) is 0 Å². The van der Waals surface area contributed by atoms with Gasteiger partial charge in [0, 0.05) is 43.1 Å². The van der Waals surface area contributed by atoms with Crippen molar-refractivity contribution in [1.82, 2.24) is 8.80 Å². The van der Waals surface area contributed by atoms with Crippen LogP contribution in [0.5, 0.6) is 0 Å². The molecule has 0 bridgehead atoms. The van der Waals surface area contributed by atoms with E-state index in [9.17, 15) is 0 Å². The lowest BCUT2D eigenvalue weighted by Gasteiger charge is -2.23. The zero-order chi connectivity index (χ0) is 52.4. The Hall–Kier alpha value is -6.90. The van der Waals surface area contributed by atoms with Gasteiger partial charge >= 0.3 is 0 Å². The topological polar surface area (TPSA) is 8.82 Å². The number of benzene rings is 9. The van der Waals surface area contributed by atoms with Crippen LogP contribution in [0.4, 0.5) is 0 Å². The zero-order valence-corrected chi connectivity index (χ0v) is 47.3. The summed E-state index contributed by atoms with van der Waals surface area (Å²) in [5, 5.41) is 15.9. The van der Waals surface area contributed by atoms with E-state index >= 15 is 0 Å². The summed E-state index contributed by atoms with van der Waals surface area (Å²) in [6.45, 7) is 42.1. The van der Waals surface area contributed by atoms with Crippen molar-refractivity contribution >= 4 is 97.7 Å². The number of hydrogen-bond acceptors (Lipinski definition) is 0. The largest absolute Gasteiger partial charge is 0.308 e. The lowest BCUT2D eigenvalue weighted by atomic mass is 9.80. The molecule has 0 spiro atoms. The summed E-state index contributed by atoms with van der Waals surface area (Å²) in [7, 11) is 0. The second kappa shape index (κ2) is 14.9. The quantitative estimate of drug-likeness (QED) is 0.153. The minimum atomic E-state index is -0.0422. The summed E-state index contributed by atoms with van der Waals surface area (Å²) in [6.07, 6.45) is 0. The van der Waals surface area contributed by atoms with Gasteiger partial charge in [0.05, 0.1) is 33.1 Å². The monoisotopic (exact) mass is 965 g/mol. The third-order valence-corrected chi connectivity index (χ3v) is 17.5. The molecule has 2 heteroatoms. The maximum Gasteiger partial charge on any atom is 0.0620 e. The van der Waals surface area contributed by atoms with Crippen molar-refractivity contribution in [3.63, 3.8) is 0 Å². The van der Waals surface area contributed by atoms with Gasteiger partial charge in [-0.1, -0.05) is 131 Å². The average Bonchev–Trinajstić information content (AvgIpc) is 4.03. The highest BCUT2D eigenvalue weighted by atomic mass is 14.9. The van der Waals surface area contributed by atoms with Crippen LogP contribution in [0, 0.1) is 41.5 Å². The third-order valence-electron chi connectivity index (χ3n) is 17.5. The molecule has 0 unspecified atom stereocenters. The molecule has 0 N–H and O–H groups in total. The number of aryl methyl sites for hydroxylation is 6. The number of fused-ring (bicyclic) bond motifs is 14. The van der Waals surface area contributed by atoms with E-state index in [1.54, 1.807) is 0 Å².